The summed E-state index contributed by atoms with van der Waals surface area (Å²) in [5.74, 6) is -2.70. The van der Waals surface area contributed by atoms with Crippen LogP contribution in [0.15, 0.2) is 76.9 Å². The maximum Gasteiger partial charge on any atom is 0.251 e. The molecule has 0 aromatic heterocycles. The largest absolute Gasteiger partial charge is 0.346 e. The van der Waals surface area contributed by atoms with Crippen LogP contribution in [-0.2, 0) is 4.79 Å². The molecule has 3 aromatic carbocycles. The minimum Gasteiger partial charge on any atom is -0.346 e. The van der Waals surface area contributed by atoms with Gasteiger partial charge in [0.25, 0.3) is 5.91 Å². The van der Waals surface area contributed by atoms with Crippen LogP contribution in [0.5, 0.6) is 0 Å². The number of benzene rings is 3. The van der Waals surface area contributed by atoms with Crippen LogP contribution in [0, 0.1) is 21.0 Å². The molecular weight excluding hydrogens is 590 g/mol. The average Bonchev–Trinajstić information content (AvgIpc) is 2.78. The van der Waals surface area contributed by atoms with Crippen LogP contribution in [0.1, 0.15) is 42.6 Å². The van der Waals surface area contributed by atoms with E-state index in [0.29, 0.717) is 14.8 Å². The quantitative estimate of drug-likeness (QED) is 0.320. The molecule has 1 aliphatic rings. The predicted molar refractivity (Wildman–Crippen MR) is 139 cm³/mol. The monoisotopic (exact) mass is 609 g/mol. The minimum absolute atomic E-state index is 0.0396. The third kappa shape index (κ3) is 5.38. The fourth-order valence-electron chi connectivity index (χ4n) is 3.91. The van der Waals surface area contributed by atoms with E-state index in [-0.39, 0.29) is 28.0 Å². The number of hydrogen-bond donors (Lipinski definition) is 2. The lowest BCUT2D eigenvalue weighted by molar-refractivity contribution is -0.118. The zero-order chi connectivity index (χ0) is 25.3. The van der Waals surface area contributed by atoms with Crippen molar-refractivity contribution in [3.63, 3.8) is 0 Å². The fraction of sp³-hybridized carbons (Fsp3) is 0.154. The zero-order valence-electron chi connectivity index (χ0n) is 18.7. The van der Waals surface area contributed by atoms with E-state index in [0.717, 1.165) is 11.6 Å². The van der Waals surface area contributed by atoms with E-state index in [1.165, 1.54) is 24.3 Å². The Hall–Kier alpha value is -2.85. The number of amides is 1. The van der Waals surface area contributed by atoms with Crippen LogP contribution in [0.4, 0.5) is 13.2 Å². The maximum atomic E-state index is 14.8. The van der Waals surface area contributed by atoms with E-state index >= 15 is 0 Å². The Labute approximate surface area is 219 Å². The van der Waals surface area contributed by atoms with Gasteiger partial charge in [-0.1, -0.05) is 48.0 Å². The Balaban J connectivity index is 1.79. The first-order chi connectivity index (χ1) is 16.7. The van der Waals surface area contributed by atoms with Crippen LogP contribution in [0.3, 0.4) is 0 Å². The second kappa shape index (κ2) is 10.4. The van der Waals surface area contributed by atoms with Gasteiger partial charge in [-0.25, -0.2) is 13.2 Å². The number of hydrogen-bond acceptors (Lipinski definition) is 3. The summed E-state index contributed by atoms with van der Waals surface area (Å²) in [4.78, 5) is 17.9. The second-order valence-electron chi connectivity index (χ2n) is 8.06. The molecule has 0 spiro atoms. The SMILES string of the molecule is CC1=C(C(=O)NC(C)c2ccccc2)[C@H](c2ccc(F)cc2Cl)N=C(c2c(F)cc(I)cc2F)N1. The second-order valence-corrected chi connectivity index (χ2v) is 9.71. The van der Waals surface area contributed by atoms with Crippen molar-refractivity contribution in [1.29, 1.82) is 0 Å². The lowest BCUT2D eigenvalue weighted by atomic mass is 9.94. The van der Waals surface area contributed by atoms with Crippen molar-refractivity contribution in [2.75, 3.05) is 0 Å². The van der Waals surface area contributed by atoms with Crippen molar-refractivity contribution in [3.8, 4) is 0 Å². The molecule has 0 aliphatic carbocycles. The smallest absolute Gasteiger partial charge is 0.251 e. The van der Waals surface area contributed by atoms with Crippen LogP contribution in [0.2, 0.25) is 5.02 Å². The number of nitrogens with one attached hydrogen (secondary N) is 2. The van der Waals surface area contributed by atoms with Crippen molar-refractivity contribution >= 4 is 45.9 Å². The van der Waals surface area contributed by atoms with Gasteiger partial charge in [0, 0.05) is 19.9 Å². The molecule has 0 bridgehead atoms. The molecule has 1 heterocycles. The molecular formula is C26H20ClF3IN3O. The zero-order valence-corrected chi connectivity index (χ0v) is 21.6. The first-order valence-electron chi connectivity index (χ1n) is 10.7. The summed E-state index contributed by atoms with van der Waals surface area (Å²) in [7, 11) is 0. The lowest BCUT2D eigenvalue weighted by Crippen LogP contribution is -2.38. The number of aliphatic imine (C=N–C) groups is 1. The van der Waals surface area contributed by atoms with E-state index in [2.05, 4.69) is 15.6 Å². The molecule has 1 amide bonds. The van der Waals surface area contributed by atoms with Gasteiger partial charge < -0.3 is 10.6 Å². The standard InChI is InChI=1S/C26H20ClF3IN3O/c1-13(15-6-4-3-5-7-15)33-26(35)22-14(2)32-25(23-20(29)11-17(31)12-21(23)30)34-24(22)18-9-8-16(28)10-19(18)27/h3-13,24H,1-2H3,(H,32,34)(H,33,35)/t13?,24-/m0/s1. The summed E-state index contributed by atoms with van der Waals surface area (Å²) >= 11 is 8.14. The van der Waals surface area contributed by atoms with Gasteiger partial charge in [-0.2, -0.15) is 0 Å². The molecule has 4 nitrogen and oxygen atoms in total. The molecule has 0 saturated heterocycles. The van der Waals surface area contributed by atoms with E-state index in [1.807, 2.05) is 59.8 Å². The number of carbonyl (C=O) groups excluding carboxylic acids is 1. The topological polar surface area (TPSA) is 53.5 Å². The Morgan fingerprint density at radius 1 is 1.09 bits per heavy atom. The predicted octanol–water partition coefficient (Wildman–Crippen LogP) is 6.60. The Morgan fingerprint density at radius 2 is 1.74 bits per heavy atom. The first kappa shape index (κ1) is 25.2. The number of carbonyl (C=O) groups is 1. The normalized spacial score (nSPS) is 16.4. The first-order valence-corrected chi connectivity index (χ1v) is 12.1. The highest BCUT2D eigenvalue weighted by Crippen LogP contribution is 2.36. The lowest BCUT2D eigenvalue weighted by Gasteiger charge is -2.28. The van der Waals surface area contributed by atoms with Crippen molar-refractivity contribution in [1.82, 2.24) is 10.6 Å². The minimum atomic E-state index is -1.03. The van der Waals surface area contributed by atoms with Gasteiger partial charge in [0.15, 0.2) is 0 Å². The fourth-order valence-corrected chi connectivity index (χ4v) is 4.73. The van der Waals surface area contributed by atoms with Gasteiger partial charge >= 0.3 is 0 Å². The molecule has 0 saturated carbocycles. The van der Waals surface area contributed by atoms with E-state index < -0.39 is 29.4 Å². The molecule has 3 aromatic rings. The highest BCUT2D eigenvalue weighted by Gasteiger charge is 2.33. The van der Waals surface area contributed by atoms with E-state index in [1.54, 1.807) is 6.92 Å². The molecule has 1 aliphatic heterocycles. The number of amidine groups is 1. The molecule has 1 unspecified atom stereocenters. The van der Waals surface area contributed by atoms with E-state index in [4.69, 9.17) is 11.6 Å². The summed E-state index contributed by atoms with van der Waals surface area (Å²) in [5, 5.41) is 5.86. The Morgan fingerprint density at radius 3 is 2.37 bits per heavy atom. The average molecular weight is 610 g/mol. The summed E-state index contributed by atoms with van der Waals surface area (Å²) in [6, 6.07) is 14.1. The Bertz CT molecular complexity index is 1340. The summed E-state index contributed by atoms with van der Waals surface area (Å²) in [6.07, 6.45) is 0. The number of nitrogens with zero attached hydrogens (tertiary/aromatic N) is 1. The molecule has 35 heavy (non-hydrogen) atoms. The third-order valence-electron chi connectivity index (χ3n) is 5.63. The third-order valence-corrected chi connectivity index (χ3v) is 6.58. The number of rotatable bonds is 5. The maximum absolute atomic E-state index is 14.8. The molecule has 2 atom stereocenters. The summed E-state index contributed by atoms with van der Waals surface area (Å²) < 4.78 is 43.7. The number of halogens is 5. The highest BCUT2D eigenvalue weighted by atomic mass is 127. The summed E-state index contributed by atoms with van der Waals surface area (Å²) in [5.41, 5.74) is 1.42. The van der Waals surface area contributed by atoms with Gasteiger partial charge in [0.1, 0.15) is 29.3 Å². The molecule has 2 N–H and O–H groups in total. The molecule has 4 rings (SSSR count). The van der Waals surface area contributed by atoms with Crippen molar-refractivity contribution in [3.05, 3.63) is 115 Å². The van der Waals surface area contributed by atoms with Crippen LogP contribution >= 0.6 is 34.2 Å². The van der Waals surface area contributed by atoms with Crippen molar-refractivity contribution in [2.24, 2.45) is 4.99 Å². The summed E-state index contributed by atoms with van der Waals surface area (Å²) in [6.45, 7) is 3.45. The molecule has 180 valence electrons. The van der Waals surface area contributed by atoms with Crippen molar-refractivity contribution in [2.45, 2.75) is 25.9 Å². The molecule has 9 heteroatoms. The van der Waals surface area contributed by atoms with Crippen molar-refractivity contribution < 1.29 is 18.0 Å². The van der Waals surface area contributed by atoms with Crippen LogP contribution in [0.25, 0.3) is 0 Å². The van der Waals surface area contributed by atoms with Gasteiger partial charge in [-0.3, -0.25) is 9.79 Å². The van der Waals surface area contributed by atoms with Crippen LogP contribution in [-0.4, -0.2) is 11.7 Å². The highest BCUT2D eigenvalue weighted by molar-refractivity contribution is 14.1. The molecule has 0 fully saturated rings. The molecule has 0 radical (unpaired) electrons. The van der Waals surface area contributed by atoms with Crippen LogP contribution < -0.4 is 10.6 Å². The Kier molecular flexibility index (Phi) is 7.51. The van der Waals surface area contributed by atoms with E-state index in [9.17, 15) is 18.0 Å². The van der Waals surface area contributed by atoms with Gasteiger partial charge in [-0.15, -0.1) is 0 Å². The van der Waals surface area contributed by atoms with Gasteiger partial charge in [0.05, 0.1) is 17.2 Å². The van der Waals surface area contributed by atoms with Gasteiger partial charge in [0.2, 0.25) is 0 Å². The number of allylic oxidation sites excluding steroid dienone is 1. The van der Waals surface area contributed by atoms with Gasteiger partial charge in [-0.05, 0) is 66.3 Å².